The molecule has 2 aromatic rings. The van der Waals surface area contributed by atoms with Gasteiger partial charge in [0.1, 0.15) is 5.76 Å². The monoisotopic (exact) mass is 407 g/mol. The van der Waals surface area contributed by atoms with E-state index < -0.39 is 17.7 Å². The summed E-state index contributed by atoms with van der Waals surface area (Å²) < 4.78 is 0. The minimum absolute atomic E-state index is 0.123. The van der Waals surface area contributed by atoms with Gasteiger partial charge < -0.3 is 14.9 Å². The second kappa shape index (κ2) is 9.22. The van der Waals surface area contributed by atoms with E-state index in [0.717, 1.165) is 29.8 Å². The number of pyridine rings is 1. The summed E-state index contributed by atoms with van der Waals surface area (Å²) in [4.78, 5) is 33.9. The Balaban J connectivity index is 2.12. The van der Waals surface area contributed by atoms with Gasteiger partial charge in [0.05, 0.1) is 11.6 Å². The third-order valence-corrected chi connectivity index (χ3v) is 5.76. The first-order chi connectivity index (χ1) is 14.4. The van der Waals surface area contributed by atoms with Gasteiger partial charge in [0.15, 0.2) is 0 Å². The highest BCUT2D eigenvalue weighted by atomic mass is 16.3. The number of Topliss-reactive ketones (excluding diaryl/α,β-unsaturated/α-hetero) is 1. The molecule has 1 aliphatic rings. The second-order valence-electron chi connectivity index (χ2n) is 7.62. The zero-order chi connectivity index (χ0) is 21.8. The number of aryl methyl sites for hydroxylation is 2. The molecule has 1 aromatic carbocycles. The molecule has 2 heterocycles. The fraction of sp³-hybridized carbons (Fsp3) is 0.375. The van der Waals surface area contributed by atoms with Gasteiger partial charge in [-0.1, -0.05) is 31.5 Å². The van der Waals surface area contributed by atoms with Gasteiger partial charge in [-0.25, -0.2) is 0 Å². The number of carbonyl (C=O) groups excluding carboxylic acids is 2. The number of nitrogens with zero attached hydrogens (tertiary/aromatic N) is 3. The minimum atomic E-state index is -0.644. The summed E-state index contributed by atoms with van der Waals surface area (Å²) in [7, 11) is 0. The molecular formula is C24H29N3O3. The zero-order valence-corrected chi connectivity index (χ0v) is 18.1. The Hall–Kier alpha value is -2.99. The molecule has 6 nitrogen and oxygen atoms in total. The van der Waals surface area contributed by atoms with Crippen LogP contribution in [0.2, 0.25) is 0 Å². The average molecular weight is 408 g/mol. The molecule has 1 unspecified atom stereocenters. The molecule has 0 saturated carbocycles. The van der Waals surface area contributed by atoms with Gasteiger partial charge in [0, 0.05) is 31.0 Å². The van der Waals surface area contributed by atoms with Gasteiger partial charge in [-0.05, 0) is 56.3 Å². The topological polar surface area (TPSA) is 73.7 Å². The Morgan fingerprint density at radius 1 is 1.10 bits per heavy atom. The number of aliphatic hydroxyl groups excluding tert-OH is 1. The number of aromatic nitrogens is 1. The van der Waals surface area contributed by atoms with Crippen LogP contribution in [0, 0.1) is 13.8 Å². The molecule has 1 aliphatic heterocycles. The van der Waals surface area contributed by atoms with Crippen LogP contribution >= 0.6 is 0 Å². The van der Waals surface area contributed by atoms with E-state index in [4.69, 9.17) is 0 Å². The molecule has 0 radical (unpaired) electrons. The lowest BCUT2D eigenvalue weighted by atomic mass is 9.94. The Morgan fingerprint density at radius 2 is 1.77 bits per heavy atom. The first kappa shape index (κ1) is 21.7. The van der Waals surface area contributed by atoms with Crippen LogP contribution in [0.4, 0.5) is 0 Å². The molecule has 0 bridgehead atoms. The van der Waals surface area contributed by atoms with E-state index in [-0.39, 0.29) is 11.3 Å². The first-order valence-corrected chi connectivity index (χ1v) is 10.4. The highest BCUT2D eigenvalue weighted by Gasteiger charge is 2.46. The molecule has 1 aromatic heterocycles. The van der Waals surface area contributed by atoms with Crippen molar-refractivity contribution in [1.29, 1.82) is 0 Å². The molecule has 1 atom stereocenters. The summed E-state index contributed by atoms with van der Waals surface area (Å²) in [5, 5.41) is 11.2. The summed E-state index contributed by atoms with van der Waals surface area (Å²) in [5.74, 6) is -1.34. The maximum Gasteiger partial charge on any atom is 0.295 e. The number of rotatable bonds is 7. The summed E-state index contributed by atoms with van der Waals surface area (Å²) in [6.45, 7) is 10.7. The second-order valence-corrected chi connectivity index (χ2v) is 7.62. The van der Waals surface area contributed by atoms with E-state index >= 15 is 0 Å². The Bertz CT molecular complexity index is 965. The van der Waals surface area contributed by atoms with Crippen molar-refractivity contribution in [2.45, 2.75) is 33.7 Å². The molecule has 3 rings (SSSR count). The number of carbonyl (C=O) groups is 2. The molecule has 0 spiro atoms. The van der Waals surface area contributed by atoms with Crippen molar-refractivity contribution < 1.29 is 14.7 Å². The van der Waals surface area contributed by atoms with Gasteiger partial charge in [-0.15, -0.1) is 0 Å². The summed E-state index contributed by atoms with van der Waals surface area (Å²) >= 11 is 0. The number of aliphatic hydroxyl groups is 1. The van der Waals surface area contributed by atoms with Crippen LogP contribution in [0.15, 0.2) is 48.3 Å². The highest BCUT2D eigenvalue weighted by molar-refractivity contribution is 6.46. The number of hydrogen-bond donors (Lipinski definition) is 1. The fourth-order valence-corrected chi connectivity index (χ4v) is 3.93. The van der Waals surface area contributed by atoms with E-state index in [1.165, 1.54) is 0 Å². The minimum Gasteiger partial charge on any atom is -0.507 e. The van der Waals surface area contributed by atoms with Gasteiger partial charge in [-0.2, -0.15) is 0 Å². The molecule has 1 amide bonds. The third-order valence-electron chi connectivity index (χ3n) is 5.76. The molecule has 0 aliphatic carbocycles. The van der Waals surface area contributed by atoms with Crippen molar-refractivity contribution in [3.05, 3.63) is 70.6 Å². The number of ketones is 1. The Kier molecular flexibility index (Phi) is 6.67. The molecule has 6 heteroatoms. The van der Waals surface area contributed by atoms with Crippen LogP contribution < -0.4 is 0 Å². The highest BCUT2D eigenvalue weighted by Crippen LogP contribution is 2.39. The largest absolute Gasteiger partial charge is 0.507 e. The van der Waals surface area contributed by atoms with Crippen molar-refractivity contribution in [3.63, 3.8) is 0 Å². The molecule has 1 N–H and O–H groups in total. The lowest BCUT2D eigenvalue weighted by molar-refractivity contribution is -0.140. The van der Waals surface area contributed by atoms with Crippen LogP contribution in [-0.4, -0.2) is 57.8 Å². The number of likely N-dealkylation sites (tertiary alicyclic amines) is 1. The molecule has 158 valence electrons. The number of likely N-dealkylation sites (N-methyl/N-ethyl adjacent to an activating group) is 1. The van der Waals surface area contributed by atoms with Crippen LogP contribution in [0.3, 0.4) is 0 Å². The predicted molar refractivity (Wildman–Crippen MR) is 117 cm³/mol. The van der Waals surface area contributed by atoms with Crippen molar-refractivity contribution >= 4 is 17.4 Å². The van der Waals surface area contributed by atoms with Crippen LogP contribution in [-0.2, 0) is 9.59 Å². The number of hydrogen-bond acceptors (Lipinski definition) is 5. The molecule has 1 fully saturated rings. The summed E-state index contributed by atoms with van der Waals surface area (Å²) in [5.41, 5.74) is 3.30. The fourth-order valence-electron chi connectivity index (χ4n) is 3.93. The lowest BCUT2D eigenvalue weighted by Crippen LogP contribution is -2.38. The Morgan fingerprint density at radius 3 is 2.40 bits per heavy atom. The molecular weight excluding hydrogens is 378 g/mol. The van der Waals surface area contributed by atoms with Crippen LogP contribution in [0.1, 0.15) is 42.1 Å². The number of amides is 1. The van der Waals surface area contributed by atoms with E-state index in [1.54, 1.807) is 29.4 Å². The summed E-state index contributed by atoms with van der Waals surface area (Å²) in [6.07, 6.45) is 3.27. The van der Waals surface area contributed by atoms with E-state index in [9.17, 15) is 14.7 Å². The van der Waals surface area contributed by atoms with E-state index in [2.05, 4.69) is 23.7 Å². The molecule has 30 heavy (non-hydrogen) atoms. The maximum atomic E-state index is 13.1. The summed E-state index contributed by atoms with van der Waals surface area (Å²) in [6, 6.07) is 8.65. The van der Waals surface area contributed by atoms with Gasteiger partial charge in [0.2, 0.25) is 0 Å². The van der Waals surface area contributed by atoms with E-state index in [1.807, 2.05) is 32.0 Å². The Labute approximate surface area is 177 Å². The smallest absolute Gasteiger partial charge is 0.295 e. The lowest BCUT2D eigenvalue weighted by Gasteiger charge is -2.28. The maximum absolute atomic E-state index is 13.1. The van der Waals surface area contributed by atoms with Gasteiger partial charge in [-0.3, -0.25) is 14.6 Å². The quantitative estimate of drug-likeness (QED) is 0.432. The first-order valence-electron chi connectivity index (χ1n) is 10.4. The predicted octanol–water partition coefficient (Wildman–Crippen LogP) is 3.46. The van der Waals surface area contributed by atoms with Crippen molar-refractivity contribution in [2.75, 3.05) is 26.2 Å². The zero-order valence-electron chi connectivity index (χ0n) is 18.1. The standard InChI is InChI=1S/C24H29N3O3/c1-5-26(6-2)13-14-27-21(18-9-11-25-12-10-18)20(23(29)24(27)30)22(28)19-15-16(3)7-8-17(19)4/h7-12,15,21,28H,5-6,13-14H2,1-4H3. The van der Waals surface area contributed by atoms with Gasteiger partial charge >= 0.3 is 0 Å². The SMILES string of the molecule is CCN(CC)CCN1C(=O)C(=O)C(=C(O)c2cc(C)ccc2C)C1c1ccncc1. The average Bonchev–Trinajstić information content (AvgIpc) is 3.01. The van der Waals surface area contributed by atoms with Crippen molar-refractivity contribution in [2.24, 2.45) is 0 Å². The van der Waals surface area contributed by atoms with Crippen molar-refractivity contribution in [1.82, 2.24) is 14.8 Å². The van der Waals surface area contributed by atoms with E-state index in [0.29, 0.717) is 18.7 Å². The van der Waals surface area contributed by atoms with Crippen molar-refractivity contribution in [3.8, 4) is 0 Å². The van der Waals surface area contributed by atoms with Crippen LogP contribution in [0.25, 0.3) is 5.76 Å². The normalized spacial score (nSPS) is 18.4. The number of benzene rings is 1. The molecule has 1 saturated heterocycles. The third kappa shape index (κ3) is 4.14. The van der Waals surface area contributed by atoms with Crippen LogP contribution in [0.5, 0.6) is 0 Å². The van der Waals surface area contributed by atoms with Gasteiger partial charge in [0.25, 0.3) is 11.7 Å².